The Morgan fingerprint density at radius 3 is 2.81 bits per heavy atom. The molecule has 11 heteroatoms. The molecule has 1 aromatic carbocycles. The first-order chi connectivity index (χ1) is 12.4. The first kappa shape index (κ1) is 18.1. The normalized spacial score (nSPS) is 18.5. The van der Waals surface area contributed by atoms with Crippen molar-refractivity contribution in [2.45, 2.75) is 13.3 Å². The predicted octanol–water partition coefficient (Wildman–Crippen LogP) is 0.536. The molecule has 1 saturated heterocycles. The average molecular weight is 380 g/mol. The second kappa shape index (κ2) is 7.28. The SMILES string of the molecule is COc1cc(NC(=O)NC[C@@H]2CCS(=O)(=O)C2)cc(-n2nnnc2C)c1. The van der Waals surface area contributed by atoms with Crippen molar-refractivity contribution >= 4 is 21.6 Å². The number of sulfone groups is 1. The van der Waals surface area contributed by atoms with E-state index in [1.54, 1.807) is 25.1 Å². The molecular weight excluding hydrogens is 360 g/mol. The summed E-state index contributed by atoms with van der Waals surface area (Å²) in [6.45, 7) is 2.07. The van der Waals surface area contributed by atoms with Crippen molar-refractivity contribution < 1.29 is 17.9 Å². The fourth-order valence-electron chi connectivity index (χ4n) is 2.81. The molecule has 0 aliphatic carbocycles. The molecule has 2 heterocycles. The highest BCUT2D eigenvalue weighted by atomic mass is 32.2. The largest absolute Gasteiger partial charge is 0.497 e. The number of aromatic nitrogens is 4. The number of ether oxygens (including phenoxy) is 1. The molecule has 1 aliphatic heterocycles. The van der Waals surface area contributed by atoms with E-state index in [9.17, 15) is 13.2 Å². The molecule has 0 unspecified atom stereocenters. The monoisotopic (exact) mass is 380 g/mol. The molecular formula is C15H20N6O4S. The van der Waals surface area contributed by atoms with Gasteiger partial charge in [-0.25, -0.2) is 13.2 Å². The van der Waals surface area contributed by atoms with Crippen molar-refractivity contribution in [3.8, 4) is 11.4 Å². The third-order valence-corrected chi connectivity index (χ3v) is 5.97. The number of benzene rings is 1. The number of nitrogens with zero attached hydrogens (tertiary/aromatic N) is 4. The second-order valence-electron chi connectivity index (χ2n) is 6.16. The minimum absolute atomic E-state index is 0.0458. The van der Waals surface area contributed by atoms with Crippen molar-refractivity contribution in [1.29, 1.82) is 0 Å². The van der Waals surface area contributed by atoms with Gasteiger partial charge in [-0.3, -0.25) is 0 Å². The minimum atomic E-state index is -2.96. The van der Waals surface area contributed by atoms with Gasteiger partial charge in [0.15, 0.2) is 15.7 Å². The number of urea groups is 1. The third-order valence-electron chi connectivity index (χ3n) is 4.13. The van der Waals surface area contributed by atoms with Gasteiger partial charge in [0.25, 0.3) is 0 Å². The smallest absolute Gasteiger partial charge is 0.319 e. The topological polar surface area (TPSA) is 128 Å². The Balaban J connectivity index is 1.67. The number of carbonyl (C=O) groups is 1. The van der Waals surface area contributed by atoms with Crippen molar-refractivity contribution in [1.82, 2.24) is 25.5 Å². The van der Waals surface area contributed by atoms with Gasteiger partial charge in [0, 0.05) is 24.4 Å². The molecule has 0 saturated carbocycles. The Morgan fingerprint density at radius 2 is 2.19 bits per heavy atom. The Kier molecular flexibility index (Phi) is 5.07. The van der Waals surface area contributed by atoms with Gasteiger partial charge in [-0.2, -0.15) is 4.68 Å². The molecule has 1 aliphatic rings. The quantitative estimate of drug-likeness (QED) is 0.774. The van der Waals surface area contributed by atoms with Crippen LogP contribution in [0.5, 0.6) is 5.75 Å². The lowest BCUT2D eigenvalue weighted by Crippen LogP contribution is -2.33. The number of anilines is 1. The molecule has 0 radical (unpaired) electrons. The van der Waals surface area contributed by atoms with E-state index >= 15 is 0 Å². The number of aryl methyl sites for hydroxylation is 1. The van der Waals surface area contributed by atoms with Crippen molar-refractivity contribution in [2.24, 2.45) is 5.92 Å². The molecule has 26 heavy (non-hydrogen) atoms. The van der Waals surface area contributed by atoms with Gasteiger partial charge < -0.3 is 15.4 Å². The fraction of sp³-hybridized carbons (Fsp3) is 0.467. The fourth-order valence-corrected chi connectivity index (χ4v) is 4.67. The average Bonchev–Trinajstić information content (AvgIpc) is 3.17. The lowest BCUT2D eigenvalue weighted by atomic mass is 10.1. The molecule has 1 atom stereocenters. The van der Waals surface area contributed by atoms with E-state index in [0.717, 1.165) is 0 Å². The van der Waals surface area contributed by atoms with Crippen LogP contribution in [0.25, 0.3) is 5.69 Å². The minimum Gasteiger partial charge on any atom is -0.497 e. The lowest BCUT2D eigenvalue weighted by Gasteiger charge is -2.13. The van der Waals surface area contributed by atoms with Crippen LogP contribution < -0.4 is 15.4 Å². The molecule has 10 nitrogen and oxygen atoms in total. The number of nitrogens with one attached hydrogen (secondary N) is 2. The molecule has 2 amide bonds. The van der Waals surface area contributed by atoms with Crippen LogP contribution in [0.4, 0.5) is 10.5 Å². The first-order valence-corrected chi connectivity index (χ1v) is 9.88. The van der Waals surface area contributed by atoms with Crippen molar-refractivity contribution in [2.75, 3.05) is 30.5 Å². The number of amides is 2. The molecule has 3 rings (SSSR count). The second-order valence-corrected chi connectivity index (χ2v) is 8.39. The van der Waals surface area contributed by atoms with E-state index in [2.05, 4.69) is 26.2 Å². The third kappa shape index (κ3) is 4.28. The zero-order chi connectivity index (χ0) is 18.7. The summed E-state index contributed by atoms with van der Waals surface area (Å²) >= 11 is 0. The van der Waals surface area contributed by atoms with Crippen LogP contribution in [0.3, 0.4) is 0 Å². The maximum Gasteiger partial charge on any atom is 0.319 e. The van der Waals surface area contributed by atoms with Gasteiger partial charge in [0.05, 0.1) is 24.3 Å². The Morgan fingerprint density at radius 1 is 1.38 bits per heavy atom. The highest BCUT2D eigenvalue weighted by molar-refractivity contribution is 7.91. The molecule has 1 fully saturated rings. The summed E-state index contributed by atoms with van der Waals surface area (Å²) in [5.41, 5.74) is 1.15. The summed E-state index contributed by atoms with van der Waals surface area (Å²) in [6.07, 6.45) is 0.574. The zero-order valence-electron chi connectivity index (χ0n) is 14.5. The van der Waals surface area contributed by atoms with Gasteiger partial charge in [-0.15, -0.1) is 5.10 Å². The molecule has 140 valence electrons. The number of hydrogen-bond donors (Lipinski definition) is 2. The van der Waals surface area contributed by atoms with Crippen molar-refractivity contribution in [3.63, 3.8) is 0 Å². The molecule has 2 N–H and O–H groups in total. The predicted molar refractivity (Wildman–Crippen MR) is 94.2 cm³/mol. The maximum absolute atomic E-state index is 12.1. The van der Waals surface area contributed by atoms with E-state index < -0.39 is 15.9 Å². The summed E-state index contributed by atoms with van der Waals surface area (Å²) in [7, 11) is -1.43. The highest BCUT2D eigenvalue weighted by Crippen LogP contribution is 2.23. The van der Waals surface area contributed by atoms with E-state index in [4.69, 9.17) is 4.74 Å². The molecule has 2 aromatic rings. The Bertz CT molecular complexity index is 911. The number of tetrazole rings is 1. The van der Waals surface area contributed by atoms with Gasteiger partial charge in [0.2, 0.25) is 0 Å². The zero-order valence-corrected chi connectivity index (χ0v) is 15.3. The van der Waals surface area contributed by atoms with Crippen LogP contribution in [0.1, 0.15) is 12.2 Å². The van der Waals surface area contributed by atoms with E-state index in [0.29, 0.717) is 35.9 Å². The van der Waals surface area contributed by atoms with Crippen LogP contribution in [0.2, 0.25) is 0 Å². The van der Waals surface area contributed by atoms with Crippen LogP contribution >= 0.6 is 0 Å². The van der Waals surface area contributed by atoms with Crippen LogP contribution in [-0.2, 0) is 9.84 Å². The summed E-state index contributed by atoms with van der Waals surface area (Å²) in [4.78, 5) is 12.1. The number of carbonyl (C=O) groups excluding carboxylic acids is 1. The van der Waals surface area contributed by atoms with E-state index in [1.807, 2.05) is 0 Å². The lowest BCUT2D eigenvalue weighted by molar-refractivity contribution is 0.250. The van der Waals surface area contributed by atoms with E-state index in [1.165, 1.54) is 11.8 Å². The van der Waals surface area contributed by atoms with Crippen LogP contribution in [0, 0.1) is 12.8 Å². The molecule has 0 bridgehead atoms. The van der Waals surface area contributed by atoms with Crippen LogP contribution in [-0.4, -0.2) is 59.8 Å². The molecule has 1 aromatic heterocycles. The van der Waals surface area contributed by atoms with Crippen LogP contribution in [0.15, 0.2) is 18.2 Å². The summed E-state index contributed by atoms with van der Waals surface area (Å²) in [6, 6.07) is 4.71. The number of methoxy groups -OCH3 is 1. The number of hydrogen-bond acceptors (Lipinski definition) is 7. The Labute approximate surface area is 150 Å². The summed E-state index contributed by atoms with van der Waals surface area (Å²) in [5.74, 6) is 1.39. The molecule has 0 spiro atoms. The summed E-state index contributed by atoms with van der Waals surface area (Å²) < 4.78 is 29.7. The van der Waals surface area contributed by atoms with Gasteiger partial charge in [0.1, 0.15) is 5.75 Å². The number of rotatable bonds is 5. The first-order valence-electron chi connectivity index (χ1n) is 8.06. The van der Waals surface area contributed by atoms with Gasteiger partial charge in [-0.1, -0.05) is 0 Å². The highest BCUT2D eigenvalue weighted by Gasteiger charge is 2.27. The standard InChI is InChI=1S/C15H20N6O4S/c1-10-18-19-20-21(10)13-5-12(6-14(7-13)25-2)17-15(22)16-8-11-3-4-26(23,24)9-11/h5-7,11H,3-4,8-9H2,1-2H3,(H2,16,17,22)/t11-/m0/s1. The van der Waals surface area contributed by atoms with Crippen molar-refractivity contribution in [3.05, 3.63) is 24.0 Å². The Hall–Kier alpha value is -2.69. The maximum atomic E-state index is 12.1. The summed E-state index contributed by atoms with van der Waals surface area (Å²) in [5, 5.41) is 16.8. The van der Waals surface area contributed by atoms with Gasteiger partial charge in [-0.05, 0) is 35.8 Å². The van der Waals surface area contributed by atoms with E-state index in [-0.39, 0.29) is 17.4 Å². The van der Waals surface area contributed by atoms with Gasteiger partial charge >= 0.3 is 6.03 Å².